The van der Waals surface area contributed by atoms with E-state index < -0.39 is 0 Å². The van der Waals surface area contributed by atoms with Crippen LogP contribution in [0.1, 0.15) is 21.5 Å². The van der Waals surface area contributed by atoms with E-state index in [1.54, 1.807) is 11.3 Å². The van der Waals surface area contributed by atoms with E-state index in [1.807, 2.05) is 14.0 Å². The second-order valence-electron chi connectivity index (χ2n) is 3.46. The van der Waals surface area contributed by atoms with Gasteiger partial charge in [0.05, 0.1) is 10.6 Å². The standard InChI is InChI=1S/C10H12BrN3S2/c1-6-10(16-14-13-6)8(12-2)5-9-7(11)3-4-15-9/h3-4,8,12H,5H2,1-2H3. The molecule has 1 N–H and O–H groups in total. The van der Waals surface area contributed by atoms with Crippen LogP contribution in [0.4, 0.5) is 0 Å². The minimum Gasteiger partial charge on any atom is -0.312 e. The van der Waals surface area contributed by atoms with Crippen molar-refractivity contribution in [3.05, 3.63) is 31.4 Å². The summed E-state index contributed by atoms with van der Waals surface area (Å²) in [5.41, 5.74) is 1.03. The van der Waals surface area contributed by atoms with Crippen molar-refractivity contribution in [3.8, 4) is 0 Å². The summed E-state index contributed by atoms with van der Waals surface area (Å²) >= 11 is 6.81. The lowest BCUT2D eigenvalue weighted by Gasteiger charge is -2.13. The zero-order valence-corrected chi connectivity index (χ0v) is 12.2. The normalized spacial score (nSPS) is 12.9. The van der Waals surface area contributed by atoms with Gasteiger partial charge in [-0.05, 0) is 52.9 Å². The Balaban J connectivity index is 2.19. The summed E-state index contributed by atoms with van der Waals surface area (Å²) in [5, 5.41) is 9.49. The molecule has 0 aliphatic heterocycles. The number of aryl methyl sites for hydroxylation is 1. The van der Waals surface area contributed by atoms with Crippen molar-refractivity contribution >= 4 is 38.8 Å². The average molecular weight is 318 g/mol. The zero-order chi connectivity index (χ0) is 11.5. The quantitative estimate of drug-likeness (QED) is 0.941. The number of nitrogens with one attached hydrogen (secondary N) is 1. The molecular formula is C10H12BrN3S2. The van der Waals surface area contributed by atoms with Crippen molar-refractivity contribution in [1.82, 2.24) is 14.9 Å². The number of hydrogen-bond donors (Lipinski definition) is 1. The molecule has 0 amide bonds. The van der Waals surface area contributed by atoms with Crippen molar-refractivity contribution in [2.45, 2.75) is 19.4 Å². The first-order chi connectivity index (χ1) is 7.72. The number of nitrogens with zero attached hydrogens (tertiary/aromatic N) is 2. The molecule has 3 nitrogen and oxygen atoms in total. The Morgan fingerprint density at radius 2 is 2.38 bits per heavy atom. The molecule has 0 fully saturated rings. The maximum Gasteiger partial charge on any atom is 0.0772 e. The van der Waals surface area contributed by atoms with E-state index in [9.17, 15) is 0 Å². The molecule has 0 aliphatic rings. The molecule has 6 heteroatoms. The first-order valence-corrected chi connectivity index (χ1v) is 7.35. The second-order valence-corrected chi connectivity index (χ2v) is 6.10. The molecule has 0 saturated carbocycles. The van der Waals surface area contributed by atoms with Gasteiger partial charge in [0.25, 0.3) is 0 Å². The summed E-state index contributed by atoms with van der Waals surface area (Å²) in [6, 6.07) is 2.39. The number of rotatable bonds is 4. The van der Waals surface area contributed by atoms with Gasteiger partial charge in [0.1, 0.15) is 0 Å². The second kappa shape index (κ2) is 5.35. The van der Waals surface area contributed by atoms with Gasteiger partial charge < -0.3 is 5.32 Å². The third-order valence-corrected chi connectivity index (χ3v) is 5.32. The Kier molecular flexibility index (Phi) is 4.07. The van der Waals surface area contributed by atoms with Gasteiger partial charge in [0.15, 0.2) is 0 Å². The van der Waals surface area contributed by atoms with Crippen LogP contribution in [0.25, 0.3) is 0 Å². The molecule has 0 radical (unpaired) electrons. The molecule has 0 spiro atoms. The Morgan fingerprint density at radius 1 is 1.56 bits per heavy atom. The molecular weight excluding hydrogens is 306 g/mol. The number of thiophene rings is 1. The molecule has 0 aromatic carbocycles. The fraction of sp³-hybridized carbons (Fsp3) is 0.400. The Hall–Kier alpha value is -0.300. The molecule has 86 valence electrons. The van der Waals surface area contributed by atoms with E-state index in [0.717, 1.165) is 12.1 Å². The highest BCUT2D eigenvalue weighted by Crippen LogP contribution is 2.29. The molecule has 2 rings (SSSR count). The Labute approximate surface area is 111 Å². The smallest absolute Gasteiger partial charge is 0.0772 e. The summed E-state index contributed by atoms with van der Waals surface area (Å²) in [4.78, 5) is 2.58. The summed E-state index contributed by atoms with van der Waals surface area (Å²) in [7, 11) is 1.98. The first-order valence-electron chi connectivity index (χ1n) is 4.90. The number of likely N-dealkylation sites (N-methyl/N-ethyl adjacent to an activating group) is 1. The van der Waals surface area contributed by atoms with Crippen molar-refractivity contribution in [2.75, 3.05) is 7.05 Å². The number of halogens is 1. The van der Waals surface area contributed by atoms with Gasteiger partial charge in [0.2, 0.25) is 0 Å². The van der Waals surface area contributed by atoms with Gasteiger partial charge in [0, 0.05) is 21.8 Å². The van der Waals surface area contributed by atoms with E-state index in [1.165, 1.54) is 25.8 Å². The molecule has 1 unspecified atom stereocenters. The van der Waals surface area contributed by atoms with Crippen LogP contribution in [0.2, 0.25) is 0 Å². The minimum atomic E-state index is 0.301. The van der Waals surface area contributed by atoms with E-state index >= 15 is 0 Å². The minimum absolute atomic E-state index is 0.301. The molecule has 2 heterocycles. The first kappa shape index (κ1) is 12.2. The molecule has 2 aromatic heterocycles. The van der Waals surface area contributed by atoms with Gasteiger partial charge in [-0.25, -0.2) is 0 Å². The summed E-state index contributed by atoms with van der Waals surface area (Å²) in [5.74, 6) is 0. The van der Waals surface area contributed by atoms with Gasteiger partial charge >= 0.3 is 0 Å². The van der Waals surface area contributed by atoms with Crippen LogP contribution in [0.15, 0.2) is 15.9 Å². The largest absolute Gasteiger partial charge is 0.312 e. The third-order valence-electron chi connectivity index (χ3n) is 2.43. The molecule has 16 heavy (non-hydrogen) atoms. The predicted molar refractivity (Wildman–Crippen MR) is 72.2 cm³/mol. The molecule has 2 aromatic rings. The summed E-state index contributed by atoms with van der Waals surface area (Å²) in [6.45, 7) is 2.01. The molecule has 0 bridgehead atoms. The predicted octanol–water partition coefficient (Wildman–Crippen LogP) is 3.17. The lowest BCUT2D eigenvalue weighted by atomic mass is 10.1. The van der Waals surface area contributed by atoms with Crippen LogP contribution in [0.3, 0.4) is 0 Å². The highest BCUT2D eigenvalue weighted by Gasteiger charge is 2.17. The Bertz CT molecular complexity index is 466. The molecule has 0 saturated heterocycles. The van der Waals surface area contributed by atoms with Gasteiger partial charge in [-0.2, -0.15) is 0 Å². The van der Waals surface area contributed by atoms with Crippen molar-refractivity contribution in [2.24, 2.45) is 0 Å². The van der Waals surface area contributed by atoms with Crippen LogP contribution in [0.5, 0.6) is 0 Å². The lowest BCUT2D eigenvalue weighted by molar-refractivity contribution is 0.601. The molecule has 1 atom stereocenters. The fourth-order valence-corrected chi connectivity index (χ4v) is 3.85. The van der Waals surface area contributed by atoms with Crippen molar-refractivity contribution in [3.63, 3.8) is 0 Å². The number of hydrogen-bond acceptors (Lipinski definition) is 5. The van der Waals surface area contributed by atoms with E-state index in [-0.39, 0.29) is 0 Å². The zero-order valence-electron chi connectivity index (χ0n) is 9.03. The summed E-state index contributed by atoms with van der Waals surface area (Å²) < 4.78 is 5.17. The maximum atomic E-state index is 4.06. The van der Waals surface area contributed by atoms with E-state index in [4.69, 9.17) is 0 Å². The van der Waals surface area contributed by atoms with Crippen LogP contribution in [0, 0.1) is 6.92 Å². The van der Waals surface area contributed by atoms with Crippen LogP contribution >= 0.6 is 38.8 Å². The topological polar surface area (TPSA) is 37.8 Å². The van der Waals surface area contributed by atoms with Gasteiger partial charge in [-0.1, -0.05) is 4.49 Å². The Morgan fingerprint density at radius 3 is 2.88 bits per heavy atom. The third kappa shape index (κ3) is 2.51. The van der Waals surface area contributed by atoms with Gasteiger partial charge in [-0.15, -0.1) is 16.4 Å². The van der Waals surface area contributed by atoms with Crippen molar-refractivity contribution < 1.29 is 0 Å². The lowest BCUT2D eigenvalue weighted by Crippen LogP contribution is -2.18. The van der Waals surface area contributed by atoms with Gasteiger partial charge in [-0.3, -0.25) is 0 Å². The average Bonchev–Trinajstić information content (AvgIpc) is 2.85. The van der Waals surface area contributed by atoms with E-state index in [0.29, 0.717) is 6.04 Å². The van der Waals surface area contributed by atoms with E-state index in [2.05, 4.69) is 42.3 Å². The van der Waals surface area contributed by atoms with Crippen LogP contribution in [-0.2, 0) is 6.42 Å². The SMILES string of the molecule is CNC(Cc1sccc1Br)c1snnc1C. The fourth-order valence-electron chi connectivity index (χ4n) is 1.54. The monoisotopic (exact) mass is 317 g/mol. The van der Waals surface area contributed by atoms with Crippen molar-refractivity contribution in [1.29, 1.82) is 0 Å². The molecule has 0 aliphatic carbocycles. The highest BCUT2D eigenvalue weighted by atomic mass is 79.9. The van der Waals surface area contributed by atoms with Crippen LogP contribution in [-0.4, -0.2) is 16.6 Å². The van der Waals surface area contributed by atoms with Crippen LogP contribution < -0.4 is 5.32 Å². The summed E-state index contributed by atoms with van der Waals surface area (Å²) in [6.07, 6.45) is 0.972. The highest BCUT2D eigenvalue weighted by molar-refractivity contribution is 9.10. The number of aromatic nitrogens is 2. The maximum absolute atomic E-state index is 4.06.